The van der Waals surface area contributed by atoms with Crippen LogP contribution >= 0.6 is 50.5 Å². The van der Waals surface area contributed by atoms with Gasteiger partial charge in [-0.05, 0) is 52.5 Å². The van der Waals surface area contributed by atoms with Gasteiger partial charge in [-0.15, -0.1) is 11.3 Å². The van der Waals surface area contributed by atoms with Crippen molar-refractivity contribution in [2.24, 2.45) is 0 Å². The van der Waals surface area contributed by atoms with Crippen LogP contribution in [0.5, 0.6) is 0 Å². The van der Waals surface area contributed by atoms with Crippen molar-refractivity contribution in [1.29, 1.82) is 0 Å². The third-order valence-electron chi connectivity index (χ3n) is 2.86. The standard InChI is InChI=1S/C14H13BrCl2FNS/c1-2-4-19-13(14-10(16)3-5-20-14)8-6-11(17)9(15)7-12(8)18/h3,5-7,13,19H,2,4H2,1H3. The maximum absolute atomic E-state index is 14.3. The van der Waals surface area contributed by atoms with E-state index in [1.165, 1.54) is 17.4 Å². The van der Waals surface area contributed by atoms with E-state index in [9.17, 15) is 4.39 Å². The molecule has 108 valence electrons. The predicted molar refractivity (Wildman–Crippen MR) is 88.6 cm³/mol. The van der Waals surface area contributed by atoms with Crippen LogP contribution in [0.15, 0.2) is 28.1 Å². The molecule has 6 heteroatoms. The van der Waals surface area contributed by atoms with Crippen molar-refractivity contribution in [1.82, 2.24) is 5.32 Å². The molecule has 1 heterocycles. The highest BCUT2D eigenvalue weighted by Gasteiger charge is 2.22. The van der Waals surface area contributed by atoms with Crippen molar-refractivity contribution >= 4 is 50.5 Å². The van der Waals surface area contributed by atoms with Crippen molar-refractivity contribution in [3.05, 3.63) is 54.4 Å². The van der Waals surface area contributed by atoms with Gasteiger partial charge in [0.25, 0.3) is 0 Å². The second-order valence-electron chi connectivity index (χ2n) is 4.31. The lowest BCUT2D eigenvalue weighted by Gasteiger charge is -2.19. The largest absolute Gasteiger partial charge is 0.305 e. The number of benzene rings is 1. The van der Waals surface area contributed by atoms with Crippen LogP contribution in [0.1, 0.15) is 29.8 Å². The Hall–Kier alpha value is -0.130. The zero-order chi connectivity index (χ0) is 14.7. The average molecular weight is 397 g/mol. The van der Waals surface area contributed by atoms with Gasteiger partial charge < -0.3 is 5.32 Å². The molecule has 0 radical (unpaired) electrons. The van der Waals surface area contributed by atoms with Crippen LogP contribution in [-0.4, -0.2) is 6.54 Å². The Labute approximate surface area is 140 Å². The van der Waals surface area contributed by atoms with Crippen molar-refractivity contribution in [3.8, 4) is 0 Å². The van der Waals surface area contributed by atoms with Crippen LogP contribution in [0, 0.1) is 5.82 Å². The summed E-state index contributed by atoms with van der Waals surface area (Å²) in [4.78, 5) is 0.900. The molecule has 1 aromatic heterocycles. The van der Waals surface area contributed by atoms with Crippen molar-refractivity contribution < 1.29 is 4.39 Å². The minimum absolute atomic E-state index is 0.284. The molecule has 20 heavy (non-hydrogen) atoms. The van der Waals surface area contributed by atoms with Gasteiger partial charge in [-0.3, -0.25) is 0 Å². The fourth-order valence-electron chi connectivity index (χ4n) is 1.90. The van der Waals surface area contributed by atoms with Gasteiger partial charge >= 0.3 is 0 Å². The number of nitrogens with one attached hydrogen (secondary N) is 1. The molecule has 0 spiro atoms. The number of thiophene rings is 1. The molecule has 0 amide bonds. The summed E-state index contributed by atoms with van der Waals surface area (Å²) in [5.74, 6) is -0.306. The molecule has 0 aliphatic rings. The SMILES string of the molecule is CCCNC(c1cc(Cl)c(Br)cc1F)c1sccc1Cl. The van der Waals surface area contributed by atoms with Crippen molar-refractivity contribution in [2.45, 2.75) is 19.4 Å². The summed E-state index contributed by atoms with van der Waals surface area (Å²) in [7, 11) is 0. The van der Waals surface area contributed by atoms with Crippen molar-refractivity contribution in [3.63, 3.8) is 0 Å². The molecule has 0 aliphatic carbocycles. The fraction of sp³-hybridized carbons (Fsp3) is 0.286. The summed E-state index contributed by atoms with van der Waals surface area (Å²) in [5, 5.41) is 6.35. The van der Waals surface area contributed by atoms with Crippen molar-refractivity contribution in [2.75, 3.05) is 6.54 Å². The lowest BCUT2D eigenvalue weighted by molar-refractivity contribution is 0.550. The molecule has 2 rings (SSSR count). The maximum Gasteiger partial charge on any atom is 0.129 e. The Morgan fingerprint density at radius 1 is 1.35 bits per heavy atom. The van der Waals surface area contributed by atoms with Gasteiger partial charge in [-0.2, -0.15) is 0 Å². The van der Waals surface area contributed by atoms with Crippen LogP contribution in [0.2, 0.25) is 10.0 Å². The summed E-state index contributed by atoms with van der Waals surface area (Å²) >= 11 is 17.0. The quantitative estimate of drug-likeness (QED) is 0.607. The molecule has 0 saturated carbocycles. The molecule has 1 nitrogen and oxygen atoms in total. The Balaban J connectivity index is 2.46. The average Bonchev–Trinajstić information content (AvgIpc) is 2.82. The zero-order valence-corrected chi connectivity index (χ0v) is 14.6. The second kappa shape index (κ2) is 7.23. The normalized spacial score (nSPS) is 12.7. The predicted octanol–water partition coefficient (Wildman–Crippen LogP) is 6.05. The van der Waals surface area contributed by atoms with Crippen LogP contribution in [-0.2, 0) is 0 Å². The van der Waals surface area contributed by atoms with E-state index in [2.05, 4.69) is 28.2 Å². The van der Waals surface area contributed by atoms with Crippen LogP contribution in [0.3, 0.4) is 0 Å². The van der Waals surface area contributed by atoms with E-state index in [1.807, 2.05) is 11.4 Å². The Morgan fingerprint density at radius 3 is 2.70 bits per heavy atom. The van der Waals surface area contributed by atoms with E-state index in [0.29, 0.717) is 20.1 Å². The molecule has 0 saturated heterocycles. The van der Waals surface area contributed by atoms with E-state index in [4.69, 9.17) is 23.2 Å². The summed E-state index contributed by atoms with van der Waals surface area (Å²) in [6.45, 7) is 2.83. The molecule has 1 N–H and O–H groups in total. The number of hydrogen-bond donors (Lipinski definition) is 1. The smallest absolute Gasteiger partial charge is 0.129 e. The first kappa shape index (κ1) is 16.2. The van der Waals surface area contributed by atoms with Gasteiger partial charge in [0.2, 0.25) is 0 Å². The topological polar surface area (TPSA) is 12.0 Å². The maximum atomic E-state index is 14.3. The van der Waals surface area contributed by atoms with Gasteiger partial charge in [-0.25, -0.2) is 4.39 Å². The zero-order valence-electron chi connectivity index (χ0n) is 10.7. The lowest BCUT2D eigenvalue weighted by Crippen LogP contribution is -2.23. The highest BCUT2D eigenvalue weighted by Crippen LogP contribution is 2.36. The Morgan fingerprint density at radius 2 is 2.10 bits per heavy atom. The molecule has 0 aliphatic heterocycles. The Kier molecular flexibility index (Phi) is 5.87. The summed E-state index contributed by atoms with van der Waals surface area (Å²) in [5.41, 5.74) is 0.510. The number of halogens is 4. The van der Waals surface area contributed by atoms with Gasteiger partial charge in [0.15, 0.2) is 0 Å². The van der Waals surface area contributed by atoms with E-state index < -0.39 is 0 Å². The molecule has 2 aromatic rings. The molecule has 1 unspecified atom stereocenters. The van der Waals surface area contributed by atoms with Gasteiger partial charge in [0, 0.05) is 14.9 Å². The monoisotopic (exact) mass is 395 g/mol. The molecule has 0 fully saturated rings. The van der Waals surface area contributed by atoms with Gasteiger partial charge in [-0.1, -0.05) is 30.1 Å². The van der Waals surface area contributed by atoms with E-state index in [1.54, 1.807) is 6.07 Å². The van der Waals surface area contributed by atoms with E-state index in [-0.39, 0.29) is 11.9 Å². The molecular weight excluding hydrogens is 384 g/mol. The van der Waals surface area contributed by atoms with Crippen LogP contribution in [0.25, 0.3) is 0 Å². The third-order valence-corrected chi connectivity index (χ3v) is 5.48. The fourth-order valence-corrected chi connectivity index (χ4v) is 3.65. The molecule has 1 atom stereocenters. The molecule has 0 bridgehead atoms. The summed E-state index contributed by atoms with van der Waals surface area (Å²) in [6, 6.07) is 4.57. The minimum atomic E-state index is -0.306. The highest BCUT2D eigenvalue weighted by molar-refractivity contribution is 9.10. The van der Waals surface area contributed by atoms with E-state index in [0.717, 1.165) is 17.8 Å². The molecule has 1 aromatic carbocycles. The first-order valence-electron chi connectivity index (χ1n) is 6.15. The van der Waals surface area contributed by atoms with Gasteiger partial charge in [0.05, 0.1) is 16.1 Å². The van der Waals surface area contributed by atoms with Crippen LogP contribution in [0.4, 0.5) is 4.39 Å². The number of hydrogen-bond acceptors (Lipinski definition) is 2. The second-order valence-corrected chi connectivity index (χ2v) is 6.92. The summed E-state index contributed by atoms with van der Waals surface area (Å²) < 4.78 is 14.8. The number of rotatable bonds is 5. The molecular formula is C14H13BrCl2FNS. The Bertz CT molecular complexity index is 603. The van der Waals surface area contributed by atoms with Gasteiger partial charge in [0.1, 0.15) is 5.82 Å². The first-order chi connectivity index (χ1) is 9.54. The third kappa shape index (κ3) is 3.55. The minimum Gasteiger partial charge on any atom is -0.305 e. The van der Waals surface area contributed by atoms with E-state index >= 15 is 0 Å². The first-order valence-corrected chi connectivity index (χ1v) is 8.58. The highest BCUT2D eigenvalue weighted by atomic mass is 79.9. The summed E-state index contributed by atoms with van der Waals surface area (Å²) in [6.07, 6.45) is 0.950. The lowest BCUT2D eigenvalue weighted by atomic mass is 10.0. The van der Waals surface area contributed by atoms with Crippen LogP contribution < -0.4 is 5.32 Å².